The van der Waals surface area contributed by atoms with Crippen LogP contribution in [0.25, 0.3) is 0 Å². The first-order valence-corrected chi connectivity index (χ1v) is 24.9. The molecule has 0 amide bonds. The summed E-state index contributed by atoms with van der Waals surface area (Å²) in [6.07, 6.45) is 45.1. The molecule has 0 aliphatic heterocycles. The maximum absolute atomic E-state index is 12.7. The molecule has 56 heavy (non-hydrogen) atoms. The van der Waals surface area contributed by atoms with Crippen LogP contribution in [0.3, 0.4) is 0 Å². The van der Waals surface area contributed by atoms with Crippen LogP contribution in [-0.4, -0.2) is 37.2 Å². The Balaban J connectivity index is 4.31. The lowest BCUT2D eigenvalue weighted by Crippen LogP contribution is -2.30. The van der Waals surface area contributed by atoms with Crippen LogP contribution in [0, 0.1) is 5.92 Å². The van der Waals surface area contributed by atoms with Crippen LogP contribution in [0.4, 0.5) is 0 Å². The summed E-state index contributed by atoms with van der Waals surface area (Å²) in [5, 5.41) is 0. The SMILES string of the molecule is CCCCCCCCCCCCCCC(=O)OC[C@H](COC(=O)CCCCCCCCCCCCCC(C)C)OC(=O)CCCCCCCCCCCCCC. The zero-order chi connectivity index (χ0) is 41.0. The van der Waals surface area contributed by atoms with Crippen LogP contribution < -0.4 is 0 Å². The third kappa shape index (κ3) is 43.5. The summed E-state index contributed by atoms with van der Waals surface area (Å²) in [7, 11) is 0. The summed E-state index contributed by atoms with van der Waals surface area (Å²) in [4.78, 5) is 37.8. The third-order valence-electron chi connectivity index (χ3n) is 11.3. The predicted molar refractivity (Wildman–Crippen MR) is 238 cm³/mol. The summed E-state index contributed by atoms with van der Waals surface area (Å²) in [6.45, 7) is 9.01. The minimum atomic E-state index is -0.759. The molecule has 0 saturated heterocycles. The molecule has 1 atom stereocenters. The molecule has 0 aliphatic carbocycles. The van der Waals surface area contributed by atoms with Gasteiger partial charge in [-0.05, 0) is 25.2 Å². The van der Waals surface area contributed by atoms with E-state index >= 15 is 0 Å². The number of rotatable bonds is 45. The van der Waals surface area contributed by atoms with E-state index in [4.69, 9.17) is 14.2 Å². The number of carbonyl (C=O) groups is 3. The van der Waals surface area contributed by atoms with Crippen LogP contribution in [0.2, 0.25) is 0 Å². The Morgan fingerprint density at radius 3 is 0.875 bits per heavy atom. The molecule has 6 nitrogen and oxygen atoms in total. The molecule has 0 aromatic carbocycles. The van der Waals surface area contributed by atoms with Gasteiger partial charge in [-0.25, -0.2) is 0 Å². The number of ether oxygens (including phenoxy) is 3. The molecule has 0 spiro atoms. The van der Waals surface area contributed by atoms with E-state index < -0.39 is 6.10 Å². The Morgan fingerprint density at radius 1 is 0.339 bits per heavy atom. The standard InChI is InChI=1S/C50H96O6/c1-5-7-9-11-13-15-17-21-25-29-33-37-41-48(51)54-44-47(56-50(53)43-39-35-31-27-22-18-16-14-12-10-8-6-2)45-55-49(52)42-38-34-30-26-23-19-20-24-28-32-36-40-46(3)4/h46-47H,5-45H2,1-4H3/t47-/m1/s1. The van der Waals surface area contributed by atoms with Crippen LogP contribution in [0.15, 0.2) is 0 Å². The normalized spacial score (nSPS) is 11.9. The number of carbonyl (C=O) groups excluding carboxylic acids is 3. The van der Waals surface area contributed by atoms with Crippen molar-refractivity contribution >= 4 is 17.9 Å². The first-order valence-electron chi connectivity index (χ1n) is 24.9. The molecule has 0 radical (unpaired) electrons. The van der Waals surface area contributed by atoms with Crippen molar-refractivity contribution in [3.05, 3.63) is 0 Å². The van der Waals surface area contributed by atoms with E-state index in [2.05, 4.69) is 27.7 Å². The molecule has 332 valence electrons. The Bertz CT molecular complexity index is 841. The summed E-state index contributed by atoms with van der Waals surface area (Å²) < 4.78 is 16.8. The third-order valence-corrected chi connectivity index (χ3v) is 11.3. The first kappa shape index (κ1) is 54.4. The molecular formula is C50H96O6. The van der Waals surface area contributed by atoms with Gasteiger partial charge in [-0.1, -0.05) is 240 Å². The number of hydrogen-bond donors (Lipinski definition) is 0. The summed E-state index contributed by atoms with van der Waals surface area (Å²) >= 11 is 0. The average Bonchev–Trinajstić information content (AvgIpc) is 3.18. The van der Waals surface area contributed by atoms with Gasteiger partial charge in [0.05, 0.1) is 0 Å². The summed E-state index contributed by atoms with van der Waals surface area (Å²) in [5.74, 6) is -0.0205. The van der Waals surface area contributed by atoms with E-state index in [0.29, 0.717) is 19.3 Å². The monoisotopic (exact) mass is 793 g/mol. The first-order chi connectivity index (χ1) is 27.4. The summed E-state index contributed by atoms with van der Waals surface area (Å²) in [6, 6.07) is 0. The highest BCUT2D eigenvalue weighted by molar-refractivity contribution is 5.71. The highest BCUT2D eigenvalue weighted by atomic mass is 16.6. The van der Waals surface area contributed by atoms with Crippen LogP contribution in [0.5, 0.6) is 0 Å². The molecule has 0 saturated carbocycles. The van der Waals surface area contributed by atoms with Crippen molar-refractivity contribution in [1.29, 1.82) is 0 Å². The Labute approximate surface area is 348 Å². The van der Waals surface area contributed by atoms with Gasteiger partial charge in [-0.2, -0.15) is 0 Å². The highest BCUT2D eigenvalue weighted by Crippen LogP contribution is 2.17. The van der Waals surface area contributed by atoms with E-state index in [0.717, 1.165) is 63.7 Å². The highest BCUT2D eigenvalue weighted by Gasteiger charge is 2.19. The Morgan fingerprint density at radius 2 is 0.589 bits per heavy atom. The molecular weight excluding hydrogens is 697 g/mol. The fraction of sp³-hybridized carbons (Fsp3) is 0.940. The molecule has 0 N–H and O–H groups in total. The van der Waals surface area contributed by atoms with E-state index in [1.54, 1.807) is 0 Å². The second-order valence-corrected chi connectivity index (χ2v) is 17.6. The van der Waals surface area contributed by atoms with Crippen molar-refractivity contribution in [2.75, 3.05) is 13.2 Å². The van der Waals surface area contributed by atoms with Crippen LogP contribution in [-0.2, 0) is 28.6 Å². The second-order valence-electron chi connectivity index (χ2n) is 17.6. The maximum Gasteiger partial charge on any atom is 0.306 e. The van der Waals surface area contributed by atoms with Crippen LogP contribution >= 0.6 is 0 Å². The van der Waals surface area contributed by atoms with Crippen LogP contribution in [0.1, 0.15) is 278 Å². The van der Waals surface area contributed by atoms with Gasteiger partial charge in [0, 0.05) is 19.3 Å². The topological polar surface area (TPSA) is 78.9 Å². The lowest BCUT2D eigenvalue weighted by molar-refractivity contribution is -0.167. The fourth-order valence-electron chi connectivity index (χ4n) is 7.51. The Kier molecular flexibility index (Phi) is 43.2. The van der Waals surface area contributed by atoms with E-state index in [9.17, 15) is 14.4 Å². The van der Waals surface area contributed by atoms with E-state index in [1.165, 1.54) is 173 Å². The molecule has 0 aliphatic rings. The fourth-order valence-corrected chi connectivity index (χ4v) is 7.51. The largest absolute Gasteiger partial charge is 0.462 e. The zero-order valence-corrected chi connectivity index (χ0v) is 38.1. The lowest BCUT2D eigenvalue weighted by atomic mass is 10.0. The molecule has 0 heterocycles. The van der Waals surface area contributed by atoms with Crippen molar-refractivity contribution in [2.24, 2.45) is 5.92 Å². The maximum atomic E-state index is 12.7. The van der Waals surface area contributed by atoms with E-state index in [1.807, 2.05) is 0 Å². The van der Waals surface area contributed by atoms with Gasteiger partial charge < -0.3 is 14.2 Å². The molecule has 0 unspecified atom stereocenters. The average molecular weight is 793 g/mol. The predicted octanol–water partition coefficient (Wildman–Crippen LogP) is 15.9. The number of hydrogen-bond acceptors (Lipinski definition) is 6. The molecule has 0 aromatic rings. The van der Waals surface area contributed by atoms with Crippen molar-refractivity contribution in [1.82, 2.24) is 0 Å². The smallest absolute Gasteiger partial charge is 0.306 e. The van der Waals surface area contributed by atoms with Crippen molar-refractivity contribution < 1.29 is 28.6 Å². The van der Waals surface area contributed by atoms with Crippen molar-refractivity contribution in [3.8, 4) is 0 Å². The molecule has 6 heteroatoms. The van der Waals surface area contributed by atoms with Gasteiger partial charge in [0.25, 0.3) is 0 Å². The molecule has 0 fully saturated rings. The van der Waals surface area contributed by atoms with Gasteiger partial charge >= 0.3 is 17.9 Å². The van der Waals surface area contributed by atoms with Gasteiger partial charge in [-0.3, -0.25) is 14.4 Å². The minimum Gasteiger partial charge on any atom is -0.462 e. The van der Waals surface area contributed by atoms with Gasteiger partial charge in [-0.15, -0.1) is 0 Å². The van der Waals surface area contributed by atoms with Gasteiger partial charge in [0.2, 0.25) is 0 Å². The molecule has 0 bridgehead atoms. The molecule has 0 rings (SSSR count). The van der Waals surface area contributed by atoms with Gasteiger partial charge in [0.1, 0.15) is 13.2 Å². The zero-order valence-electron chi connectivity index (χ0n) is 38.1. The summed E-state index contributed by atoms with van der Waals surface area (Å²) in [5.41, 5.74) is 0. The van der Waals surface area contributed by atoms with Crippen molar-refractivity contribution in [3.63, 3.8) is 0 Å². The second kappa shape index (κ2) is 44.5. The minimum absolute atomic E-state index is 0.0630. The van der Waals surface area contributed by atoms with E-state index in [-0.39, 0.29) is 31.1 Å². The molecule has 0 aromatic heterocycles. The van der Waals surface area contributed by atoms with Crippen molar-refractivity contribution in [2.45, 2.75) is 284 Å². The number of unbranched alkanes of at least 4 members (excludes halogenated alkanes) is 32. The Hall–Kier alpha value is -1.59. The lowest BCUT2D eigenvalue weighted by Gasteiger charge is -2.18. The quantitative estimate of drug-likeness (QED) is 0.0347. The number of esters is 3. The van der Waals surface area contributed by atoms with Gasteiger partial charge in [0.15, 0.2) is 6.10 Å².